The zero-order chi connectivity index (χ0) is 16.9. The number of hydrogen-bond donors (Lipinski definition) is 0. The Morgan fingerprint density at radius 3 is 2.39 bits per heavy atom. The zero-order valence-corrected chi connectivity index (χ0v) is 14.5. The van der Waals surface area contributed by atoms with Crippen LogP contribution in [0.3, 0.4) is 0 Å². The molecule has 0 aliphatic heterocycles. The maximum absolute atomic E-state index is 12.1. The molecule has 5 nitrogen and oxygen atoms in total. The molecule has 0 atom stereocenters. The van der Waals surface area contributed by atoms with Crippen LogP contribution in [-0.2, 0) is 23.8 Å². The van der Waals surface area contributed by atoms with Crippen molar-refractivity contribution in [3.63, 3.8) is 0 Å². The van der Waals surface area contributed by atoms with E-state index < -0.39 is 10.1 Å². The van der Waals surface area contributed by atoms with E-state index in [2.05, 4.69) is 0 Å². The van der Waals surface area contributed by atoms with Gasteiger partial charge in [-0.1, -0.05) is 24.1 Å². The lowest BCUT2D eigenvalue weighted by atomic mass is 9.65. The summed E-state index contributed by atoms with van der Waals surface area (Å²) >= 11 is 0. The molecule has 1 aliphatic rings. The van der Waals surface area contributed by atoms with Gasteiger partial charge in [-0.25, -0.2) is 0 Å². The minimum absolute atomic E-state index is 0.0929. The van der Waals surface area contributed by atoms with Crippen molar-refractivity contribution in [1.29, 1.82) is 0 Å². The van der Waals surface area contributed by atoms with Crippen molar-refractivity contribution in [2.75, 3.05) is 13.2 Å². The maximum atomic E-state index is 12.1. The SMILES string of the molecule is CCOC(=O)CC1(CCOS(=O)(=O)c2ccc(C)cc2)CCC1. The van der Waals surface area contributed by atoms with Crippen LogP contribution in [0, 0.1) is 12.3 Å². The third-order valence-electron chi connectivity index (χ3n) is 4.42. The third-order valence-corrected chi connectivity index (χ3v) is 5.75. The Kier molecular flexibility index (Phi) is 5.81. The van der Waals surface area contributed by atoms with E-state index in [9.17, 15) is 13.2 Å². The van der Waals surface area contributed by atoms with E-state index in [1.165, 1.54) is 0 Å². The highest BCUT2D eigenvalue weighted by Crippen LogP contribution is 2.47. The van der Waals surface area contributed by atoms with Gasteiger partial charge in [0, 0.05) is 0 Å². The van der Waals surface area contributed by atoms with Crippen LogP contribution in [0.15, 0.2) is 29.2 Å². The summed E-state index contributed by atoms with van der Waals surface area (Å²) in [6.07, 6.45) is 3.79. The van der Waals surface area contributed by atoms with Crippen LogP contribution in [0.2, 0.25) is 0 Å². The maximum Gasteiger partial charge on any atom is 0.306 e. The van der Waals surface area contributed by atoms with Gasteiger partial charge in [-0.3, -0.25) is 8.98 Å². The lowest BCUT2D eigenvalue weighted by molar-refractivity contribution is -0.147. The summed E-state index contributed by atoms with van der Waals surface area (Å²) in [5, 5.41) is 0. The molecular weight excluding hydrogens is 316 g/mol. The molecule has 2 rings (SSSR count). The molecule has 0 spiro atoms. The molecule has 1 aromatic rings. The van der Waals surface area contributed by atoms with Crippen molar-refractivity contribution in [3.8, 4) is 0 Å². The number of carbonyl (C=O) groups excluding carboxylic acids is 1. The smallest absolute Gasteiger partial charge is 0.306 e. The summed E-state index contributed by atoms with van der Waals surface area (Å²) in [6.45, 7) is 4.14. The fourth-order valence-electron chi connectivity index (χ4n) is 2.85. The van der Waals surface area contributed by atoms with Crippen molar-refractivity contribution in [1.82, 2.24) is 0 Å². The lowest BCUT2D eigenvalue weighted by Gasteiger charge is -2.41. The van der Waals surface area contributed by atoms with Gasteiger partial charge in [0.25, 0.3) is 10.1 Å². The van der Waals surface area contributed by atoms with Crippen molar-refractivity contribution >= 4 is 16.1 Å². The standard InChI is InChI=1S/C17H24O5S/c1-3-21-16(18)13-17(9-4-10-17)11-12-22-23(19,20)15-7-5-14(2)6-8-15/h5-8H,3-4,9-13H2,1-2H3. The van der Waals surface area contributed by atoms with Crippen LogP contribution < -0.4 is 0 Å². The van der Waals surface area contributed by atoms with Crippen molar-refractivity contribution in [2.45, 2.75) is 50.8 Å². The first-order chi connectivity index (χ1) is 10.9. The van der Waals surface area contributed by atoms with Crippen LogP contribution in [0.25, 0.3) is 0 Å². The molecule has 0 unspecified atom stereocenters. The Bertz CT molecular complexity index is 629. The van der Waals surface area contributed by atoms with E-state index in [-0.39, 0.29) is 22.9 Å². The van der Waals surface area contributed by atoms with Crippen molar-refractivity contribution in [3.05, 3.63) is 29.8 Å². The number of esters is 1. The molecule has 1 fully saturated rings. The molecule has 128 valence electrons. The van der Waals surface area contributed by atoms with Gasteiger partial charge in [0.1, 0.15) is 0 Å². The van der Waals surface area contributed by atoms with E-state index in [1.807, 2.05) is 6.92 Å². The molecule has 0 heterocycles. The summed E-state index contributed by atoms with van der Waals surface area (Å²) in [7, 11) is -3.74. The summed E-state index contributed by atoms with van der Waals surface area (Å²) in [4.78, 5) is 11.8. The van der Waals surface area contributed by atoms with Crippen LogP contribution in [-0.4, -0.2) is 27.6 Å². The molecule has 0 amide bonds. The fourth-order valence-corrected chi connectivity index (χ4v) is 3.76. The lowest BCUT2D eigenvalue weighted by Crippen LogP contribution is -2.34. The molecule has 0 saturated heterocycles. The van der Waals surface area contributed by atoms with Gasteiger partial charge in [0.05, 0.1) is 24.5 Å². The first-order valence-electron chi connectivity index (χ1n) is 7.99. The molecule has 1 aromatic carbocycles. The number of hydrogen-bond acceptors (Lipinski definition) is 5. The Hall–Kier alpha value is -1.40. The molecule has 0 N–H and O–H groups in total. The minimum atomic E-state index is -3.74. The van der Waals surface area contributed by atoms with Crippen LogP contribution in [0.1, 0.15) is 44.6 Å². The first kappa shape index (κ1) is 17.9. The van der Waals surface area contributed by atoms with Crippen LogP contribution >= 0.6 is 0 Å². The Morgan fingerprint density at radius 1 is 1.22 bits per heavy atom. The molecule has 1 saturated carbocycles. The van der Waals surface area contributed by atoms with Gasteiger partial charge < -0.3 is 4.74 Å². The predicted molar refractivity (Wildman–Crippen MR) is 86.5 cm³/mol. The van der Waals surface area contributed by atoms with Gasteiger partial charge in [0.2, 0.25) is 0 Å². The first-order valence-corrected chi connectivity index (χ1v) is 9.39. The van der Waals surface area contributed by atoms with E-state index in [0.29, 0.717) is 19.4 Å². The largest absolute Gasteiger partial charge is 0.466 e. The van der Waals surface area contributed by atoms with E-state index in [0.717, 1.165) is 24.8 Å². The van der Waals surface area contributed by atoms with Crippen LogP contribution in [0.5, 0.6) is 0 Å². The van der Waals surface area contributed by atoms with Gasteiger partial charge in [-0.2, -0.15) is 8.42 Å². The number of rotatable bonds is 8. The normalized spacial score (nSPS) is 16.6. The second-order valence-electron chi connectivity index (χ2n) is 6.17. The number of ether oxygens (including phenoxy) is 1. The van der Waals surface area contributed by atoms with Gasteiger partial charge in [-0.05, 0) is 50.7 Å². The van der Waals surface area contributed by atoms with Gasteiger partial charge in [-0.15, -0.1) is 0 Å². The number of carbonyl (C=O) groups is 1. The van der Waals surface area contributed by atoms with Crippen molar-refractivity contribution < 1.29 is 22.1 Å². The fraction of sp³-hybridized carbons (Fsp3) is 0.588. The average Bonchev–Trinajstić information content (AvgIpc) is 2.45. The molecule has 0 radical (unpaired) electrons. The molecule has 0 aromatic heterocycles. The Labute approximate surface area is 138 Å². The highest BCUT2D eigenvalue weighted by atomic mass is 32.2. The summed E-state index contributed by atoms with van der Waals surface area (Å²) in [6, 6.07) is 6.57. The summed E-state index contributed by atoms with van der Waals surface area (Å²) < 4.78 is 34.4. The Morgan fingerprint density at radius 2 is 1.87 bits per heavy atom. The van der Waals surface area contributed by atoms with Gasteiger partial charge in [0.15, 0.2) is 0 Å². The van der Waals surface area contributed by atoms with E-state index in [4.69, 9.17) is 8.92 Å². The quantitative estimate of drug-likeness (QED) is 0.537. The molecular formula is C17H24O5S. The topological polar surface area (TPSA) is 69.7 Å². The highest BCUT2D eigenvalue weighted by Gasteiger charge is 2.39. The van der Waals surface area contributed by atoms with Crippen LogP contribution in [0.4, 0.5) is 0 Å². The summed E-state index contributed by atoms with van der Waals surface area (Å²) in [5.74, 6) is -0.214. The predicted octanol–water partition coefficient (Wildman–Crippen LogP) is 3.21. The average molecular weight is 340 g/mol. The zero-order valence-electron chi connectivity index (χ0n) is 13.7. The monoisotopic (exact) mass is 340 g/mol. The van der Waals surface area contributed by atoms with E-state index in [1.54, 1.807) is 31.2 Å². The molecule has 6 heteroatoms. The third kappa shape index (κ3) is 4.78. The van der Waals surface area contributed by atoms with Crippen molar-refractivity contribution in [2.24, 2.45) is 5.41 Å². The molecule has 1 aliphatic carbocycles. The number of aryl methyl sites for hydroxylation is 1. The van der Waals surface area contributed by atoms with E-state index >= 15 is 0 Å². The van der Waals surface area contributed by atoms with Gasteiger partial charge >= 0.3 is 5.97 Å². The highest BCUT2D eigenvalue weighted by molar-refractivity contribution is 7.86. The minimum Gasteiger partial charge on any atom is -0.466 e. The second kappa shape index (κ2) is 7.45. The number of benzene rings is 1. The Balaban J connectivity index is 1.90. The second-order valence-corrected chi connectivity index (χ2v) is 7.79. The molecule has 23 heavy (non-hydrogen) atoms. The summed E-state index contributed by atoms with van der Waals surface area (Å²) in [5.41, 5.74) is 0.835. The molecule has 0 bridgehead atoms.